The van der Waals surface area contributed by atoms with Crippen molar-refractivity contribution in [2.75, 3.05) is 11.9 Å². The number of carbonyl (C=O) groups excluding carboxylic acids is 1. The molecule has 3 N–H and O–H groups in total. The molecule has 25 heavy (non-hydrogen) atoms. The number of anilines is 1. The van der Waals surface area contributed by atoms with Gasteiger partial charge in [0.2, 0.25) is 0 Å². The van der Waals surface area contributed by atoms with Gasteiger partial charge in [0, 0.05) is 36.6 Å². The lowest BCUT2D eigenvalue weighted by Crippen LogP contribution is -2.30. The van der Waals surface area contributed by atoms with Crippen molar-refractivity contribution in [3.05, 3.63) is 60.4 Å². The average molecular weight is 336 g/mol. The monoisotopic (exact) mass is 336 g/mol. The van der Waals surface area contributed by atoms with Crippen molar-refractivity contribution in [2.45, 2.75) is 19.8 Å². The third-order valence-electron chi connectivity index (χ3n) is 3.82. The van der Waals surface area contributed by atoms with E-state index in [1.165, 1.54) is 6.33 Å². The molecule has 0 fully saturated rings. The standard InChI is InChI=1S/C18H20N6O/c1-13-6-7-14(15-4-2-8-19-11-15)10-16(13)23-18(25)20-9-3-5-17-21-12-22-24-17/h2,4,6-8,10-12H,3,5,9H2,1H3,(H2,20,23,25)(H,21,22,24). The van der Waals surface area contributed by atoms with Crippen molar-refractivity contribution >= 4 is 11.7 Å². The molecule has 2 heterocycles. The van der Waals surface area contributed by atoms with Gasteiger partial charge in [0.05, 0.1) is 0 Å². The molecule has 0 unspecified atom stereocenters. The van der Waals surface area contributed by atoms with E-state index in [0.717, 1.165) is 41.0 Å². The lowest BCUT2D eigenvalue weighted by molar-refractivity contribution is 0.252. The van der Waals surface area contributed by atoms with E-state index >= 15 is 0 Å². The predicted octanol–water partition coefficient (Wildman–Crippen LogP) is 2.93. The van der Waals surface area contributed by atoms with Gasteiger partial charge in [-0.05, 0) is 36.6 Å². The van der Waals surface area contributed by atoms with E-state index in [9.17, 15) is 4.79 Å². The largest absolute Gasteiger partial charge is 0.338 e. The van der Waals surface area contributed by atoms with Crippen LogP contribution in [-0.2, 0) is 6.42 Å². The molecule has 7 heteroatoms. The number of H-pyrrole nitrogens is 1. The Morgan fingerprint density at radius 1 is 1.24 bits per heavy atom. The predicted molar refractivity (Wildman–Crippen MR) is 96.1 cm³/mol. The van der Waals surface area contributed by atoms with Crippen LogP contribution in [0.25, 0.3) is 11.1 Å². The molecular weight excluding hydrogens is 316 g/mol. The molecule has 0 bridgehead atoms. The third-order valence-corrected chi connectivity index (χ3v) is 3.82. The van der Waals surface area contributed by atoms with Gasteiger partial charge in [0.1, 0.15) is 12.2 Å². The van der Waals surface area contributed by atoms with Gasteiger partial charge in [-0.25, -0.2) is 9.78 Å². The summed E-state index contributed by atoms with van der Waals surface area (Å²) in [5.41, 5.74) is 3.82. The van der Waals surface area contributed by atoms with Crippen LogP contribution >= 0.6 is 0 Å². The van der Waals surface area contributed by atoms with Crippen LogP contribution in [0, 0.1) is 6.92 Å². The molecule has 0 saturated carbocycles. The number of aromatic nitrogens is 4. The Morgan fingerprint density at radius 3 is 2.92 bits per heavy atom. The fourth-order valence-electron chi connectivity index (χ4n) is 2.45. The Bertz CT molecular complexity index is 817. The number of pyridine rings is 1. The minimum Gasteiger partial charge on any atom is -0.338 e. The fraction of sp³-hybridized carbons (Fsp3) is 0.222. The minimum atomic E-state index is -0.219. The molecule has 2 amide bonds. The maximum Gasteiger partial charge on any atom is 0.319 e. The zero-order chi connectivity index (χ0) is 17.5. The van der Waals surface area contributed by atoms with Gasteiger partial charge in [-0.1, -0.05) is 18.2 Å². The van der Waals surface area contributed by atoms with Crippen LogP contribution in [0.3, 0.4) is 0 Å². The van der Waals surface area contributed by atoms with Crippen molar-refractivity contribution in [1.82, 2.24) is 25.5 Å². The SMILES string of the molecule is Cc1ccc(-c2cccnc2)cc1NC(=O)NCCCc1ncn[nH]1. The third kappa shape index (κ3) is 4.63. The maximum atomic E-state index is 12.1. The number of amides is 2. The smallest absolute Gasteiger partial charge is 0.319 e. The number of carbonyl (C=O) groups is 1. The molecule has 0 radical (unpaired) electrons. The first-order chi connectivity index (χ1) is 12.2. The average Bonchev–Trinajstić information content (AvgIpc) is 3.15. The molecular formula is C18H20N6O. The molecule has 0 aliphatic heterocycles. The second kappa shape index (κ2) is 8.05. The number of aryl methyl sites for hydroxylation is 2. The number of aromatic amines is 1. The summed E-state index contributed by atoms with van der Waals surface area (Å²) in [7, 11) is 0. The summed E-state index contributed by atoms with van der Waals surface area (Å²) in [4.78, 5) is 20.3. The highest BCUT2D eigenvalue weighted by molar-refractivity contribution is 5.91. The summed E-state index contributed by atoms with van der Waals surface area (Å²) in [6.45, 7) is 2.53. The Morgan fingerprint density at radius 2 is 2.16 bits per heavy atom. The Labute approximate surface area is 145 Å². The molecule has 0 aliphatic rings. The molecule has 0 aliphatic carbocycles. The van der Waals surface area contributed by atoms with Crippen molar-refractivity contribution < 1.29 is 4.79 Å². The highest BCUT2D eigenvalue weighted by Crippen LogP contribution is 2.24. The number of hydrogen-bond donors (Lipinski definition) is 3. The Hall–Kier alpha value is -3.22. The zero-order valence-electron chi connectivity index (χ0n) is 14.0. The summed E-state index contributed by atoms with van der Waals surface area (Å²) in [5, 5.41) is 12.4. The second-order valence-electron chi connectivity index (χ2n) is 5.69. The van der Waals surface area contributed by atoms with Crippen LogP contribution < -0.4 is 10.6 Å². The van der Waals surface area contributed by atoms with Crippen LogP contribution in [0.1, 0.15) is 17.8 Å². The van der Waals surface area contributed by atoms with Gasteiger partial charge in [0.25, 0.3) is 0 Å². The van der Waals surface area contributed by atoms with Crippen molar-refractivity contribution in [3.8, 4) is 11.1 Å². The summed E-state index contributed by atoms with van der Waals surface area (Å²) in [5.74, 6) is 0.822. The molecule has 128 valence electrons. The van der Waals surface area contributed by atoms with E-state index < -0.39 is 0 Å². The number of nitrogens with one attached hydrogen (secondary N) is 3. The Kier molecular flexibility index (Phi) is 5.36. The maximum absolute atomic E-state index is 12.1. The summed E-state index contributed by atoms with van der Waals surface area (Å²) in [6.07, 6.45) is 6.56. The van der Waals surface area contributed by atoms with E-state index in [4.69, 9.17) is 0 Å². The first-order valence-corrected chi connectivity index (χ1v) is 8.12. The highest BCUT2D eigenvalue weighted by Gasteiger charge is 2.07. The van der Waals surface area contributed by atoms with E-state index in [1.54, 1.807) is 12.4 Å². The molecule has 3 aromatic rings. The lowest BCUT2D eigenvalue weighted by Gasteiger charge is -2.11. The molecule has 0 spiro atoms. The van der Waals surface area contributed by atoms with Gasteiger partial charge in [-0.2, -0.15) is 5.10 Å². The van der Waals surface area contributed by atoms with Crippen molar-refractivity contribution in [3.63, 3.8) is 0 Å². The van der Waals surface area contributed by atoms with Gasteiger partial charge >= 0.3 is 6.03 Å². The van der Waals surface area contributed by atoms with Gasteiger partial charge < -0.3 is 10.6 Å². The quantitative estimate of drug-likeness (QED) is 0.603. The molecule has 7 nitrogen and oxygen atoms in total. The van der Waals surface area contributed by atoms with Crippen LogP contribution in [0.5, 0.6) is 0 Å². The van der Waals surface area contributed by atoms with Crippen molar-refractivity contribution in [1.29, 1.82) is 0 Å². The van der Waals surface area contributed by atoms with E-state index in [2.05, 4.69) is 30.8 Å². The lowest BCUT2D eigenvalue weighted by atomic mass is 10.0. The number of rotatable bonds is 6. The minimum absolute atomic E-state index is 0.219. The van der Waals surface area contributed by atoms with E-state index in [-0.39, 0.29) is 6.03 Å². The molecule has 0 atom stereocenters. The zero-order valence-corrected chi connectivity index (χ0v) is 14.0. The van der Waals surface area contributed by atoms with Crippen LogP contribution in [0.4, 0.5) is 10.5 Å². The Balaban J connectivity index is 1.55. The molecule has 3 rings (SSSR count). The number of urea groups is 1. The molecule has 0 saturated heterocycles. The summed E-state index contributed by atoms with van der Waals surface area (Å²) >= 11 is 0. The highest BCUT2D eigenvalue weighted by atomic mass is 16.2. The second-order valence-corrected chi connectivity index (χ2v) is 5.69. The number of nitrogens with zero attached hydrogens (tertiary/aromatic N) is 3. The molecule has 1 aromatic carbocycles. The number of benzene rings is 1. The summed E-state index contributed by atoms with van der Waals surface area (Å²) in [6, 6.07) is 9.63. The van der Waals surface area contributed by atoms with E-state index in [1.807, 2.05) is 37.3 Å². The van der Waals surface area contributed by atoms with Gasteiger partial charge in [0.15, 0.2) is 0 Å². The first kappa shape index (κ1) is 16.6. The molecule has 2 aromatic heterocycles. The normalized spacial score (nSPS) is 10.4. The van der Waals surface area contributed by atoms with Crippen LogP contribution in [0.2, 0.25) is 0 Å². The van der Waals surface area contributed by atoms with Gasteiger partial charge in [-0.15, -0.1) is 0 Å². The van der Waals surface area contributed by atoms with Crippen LogP contribution in [-0.4, -0.2) is 32.7 Å². The fourth-order valence-corrected chi connectivity index (χ4v) is 2.45. The van der Waals surface area contributed by atoms with E-state index in [0.29, 0.717) is 6.54 Å². The van der Waals surface area contributed by atoms with Gasteiger partial charge in [-0.3, -0.25) is 10.1 Å². The topological polar surface area (TPSA) is 95.6 Å². The summed E-state index contributed by atoms with van der Waals surface area (Å²) < 4.78 is 0. The number of hydrogen-bond acceptors (Lipinski definition) is 4. The van der Waals surface area contributed by atoms with Crippen LogP contribution in [0.15, 0.2) is 49.1 Å². The van der Waals surface area contributed by atoms with Crippen molar-refractivity contribution in [2.24, 2.45) is 0 Å². The first-order valence-electron chi connectivity index (χ1n) is 8.12.